The van der Waals surface area contributed by atoms with E-state index in [1.165, 1.54) is 0 Å². The molecule has 1 heterocycles. The predicted molar refractivity (Wildman–Crippen MR) is 71.9 cm³/mol. The highest BCUT2D eigenvalue weighted by Crippen LogP contribution is 2.11. The number of hydrazine groups is 2. The Morgan fingerprint density at radius 3 is 2.39 bits per heavy atom. The van der Waals surface area contributed by atoms with Crippen molar-refractivity contribution >= 4 is 24.2 Å². The highest BCUT2D eigenvalue weighted by Gasteiger charge is 2.21. The number of nitrogen functional groups attached to an aromatic ring is 1. The molecule has 0 unspecified atom stereocenters. The van der Waals surface area contributed by atoms with Crippen LogP contribution < -0.4 is 28.3 Å². The van der Waals surface area contributed by atoms with Crippen LogP contribution in [-0.4, -0.2) is 18.7 Å². The second-order valence-electron chi connectivity index (χ2n) is 3.49. The zero-order valence-corrected chi connectivity index (χ0v) is 10.6. The second kappa shape index (κ2) is 8.54. The van der Waals surface area contributed by atoms with Crippen molar-refractivity contribution in [2.24, 2.45) is 17.5 Å². The minimum Gasteiger partial charge on any atom is -0.447 e. The quantitative estimate of drug-likeness (QED) is 0.386. The highest BCUT2D eigenvalue weighted by molar-refractivity contribution is 5.85. The fourth-order valence-electron chi connectivity index (χ4n) is 1.56. The number of hydrogen-bond acceptors (Lipinski definition) is 6. The first-order valence-electron chi connectivity index (χ1n) is 5.10. The first kappa shape index (κ1) is 16.5. The topological polar surface area (TPSA) is 128 Å². The lowest BCUT2D eigenvalue weighted by molar-refractivity contribution is 0.177. The number of amides is 1. The zero-order chi connectivity index (χ0) is 12.7. The Kier molecular flexibility index (Phi) is 7.81. The van der Waals surface area contributed by atoms with Gasteiger partial charge in [0.1, 0.15) is 6.61 Å². The maximum atomic E-state index is 10.8. The predicted octanol–water partition coefficient (Wildman–Crippen LogP) is -0.136. The molecule has 1 aromatic carbocycles. The Hall–Kier alpha value is -1.54. The van der Waals surface area contributed by atoms with Crippen LogP contribution >= 0.6 is 12.4 Å². The Morgan fingerprint density at radius 2 is 1.94 bits per heavy atom. The van der Waals surface area contributed by atoms with Gasteiger partial charge in [-0.2, -0.15) is 0 Å². The summed E-state index contributed by atoms with van der Waals surface area (Å²) in [7, 11) is 0. The SMILES string of the molecule is Cl.NN.NNc1ccc(C[C@H]2COC(=O)N2)cc1. The lowest BCUT2D eigenvalue weighted by Crippen LogP contribution is -2.28. The molecule has 18 heavy (non-hydrogen) atoms. The lowest BCUT2D eigenvalue weighted by atomic mass is 10.1. The standard InChI is InChI=1S/C10H13N3O2.ClH.H4N2/c11-13-8-3-1-7(2-4-8)5-9-6-15-10(14)12-9;;1-2/h1-4,9,13H,5-6,11H2,(H,12,14);1H;1-2H2/t9-;;/m0../s1. The number of cyclic esters (lactones) is 1. The number of nitrogens with two attached hydrogens (primary N) is 3. The van der Waals surface area contributed by atoms with Crippen molar-refractivity contribution in [3.05, 3.63) is 29.8 Å². The largest absolute Gasteiger partial charge is 0.447 e. The number of benzene rings is 1. The molecule has 1 fully saturated rings. The van der Waals surface area contributed by atoms with E-state index in [1.54, 1.807) is 0 Å². The van der Waals surface area contributed by atoms with E-state index < -0.39 is 0 Å². The van der Waals surface area contributed by atoms with Crippen molar-refractivity contribution in [3.8, 4) is 0 Å². The zero-order valence-electron chi connectivity index (χ0n) is 9.76. The van der Waals surface area contributed by atoms with E-state index in [-0.39, 0.29) is 24.5 Å². The van der Waals surface area contributed by atoms with Gasteiger partial charge in [0.15, 0.2) is 0 Å². The normalized spacial score (nSPS) is 16.6. The van der Waals surface area contributed by atoms with E-state index in [4.69, 9.17) is 10.6 Å². The van der Waals surface area contributed by atoms with Gasteiger partial charge >= 0.3 is 6.09 Å². The molecule has 0 bridgehead atoms. The Balaban J connectivity index is 0.000000917. The minimum atomic E-state index is -0.333. The fraction of sp³-hybridized carbons (Fsp3) is 0.300. The molecule has 8 N–H and O–H groups in total. The number of rotatable bonds is 3. The first-order chi connectivity index (χ1) is 8.28. The summed E-state index contributed by atoms with van der Waals surface area (Å²) in [5.74, 6) is 13.3. The average Bonchev–Trinajstić information content (AvgIpc) is 2.78. The molecule has 7 nitrogen and oxygen atoms in total. The van der Waals surface area contributed by atoms with Crippen molar-refractivity contribution in [2.75, 3.05) is 12.0 Å². The summed E-state index contributed by atoms with van der Waals surface area (Å²) >= 11 is 0. The molecule has 1 aliphatic heterocycles. The molecule has 1 aromatic rings. The molecule has 1 atom stereocenters. The summed E-state index contributed by atoms with van der Waals surface area (Å²) in [4.78, 5) is 10.8. The number of anilines is 1. The van der Waals surface area contributed by atoms with Gasteiger partial charge in [0.05, 0.1) is 6.04 Å². The van der Waals surface area contributed by atoms with Gasteiger partial charge in [-0.3, -0.25) is 17.5 Å². The molecule has 2 rings (SSSR count). The number of ether oxygens (including phenoxy) is 1. The van der Waals surface area contributed by atoms with Crippen LogP contribution in [0.15, 0.2) is 24.3 Å². The van der Waals surface area contributed by atoms with Crippen LogP contribution in [-0.2, 0) is 11.2 Å². The van der Waals surface area contributed by atoms with E-state index in [0.29, 0.717) is 6.61 Å². The van der Waals surface area contributed by atoms with E-state index in [9.17, 15) is 4.79 Å². The molecule has 0 saturated carbocycles. The number of alkyl carbamates (subject to hydrolysis) is 1. The molecule has 1 aliphatic rings. The number of halogens is 1. The van der Waals surface area contributed by atoms with Gasteiger partial charge in [-0.15, -0.1) is 12.4 Å². The third kappa shape index (κ3) is 4.76. The van der Waals surface area contributed by atoms with Crippen LogP contribution in [0.1, 0.15) is 5.56 Å². The molecule has 0 aliphatic carbocycles. The van der Waals surface area contributed by atoms with Gasteiger partial charge in [-0.05, 0) is 24.1 Å². The molecule has 0 spiro atoms. The van der Waals surface area contributed by atoms with E-state index in [1.807, 2.05) is 24.3 Å². The average molecular weight is 276 g/mol. The molecule has 8 heteroatoms. The van der Waals surface area contributed by atoms with E-state index in [0.717, 1.165) is 17.7 Å². The molecular weight excluding hydrogens is 258 g/mol. The number of nitrogens with one attached hydrogen (secondary N) is 2. The van der Waals surface area contributed by atoms with E-state index in [2.05, 4.69) is 22.4 Å². The van der Waals surface area contributed by atoms with Crippen molar-refractivity contribution in [2.45, 2.75) is 12.5 Å². The molecule has 0 radical (unpaired) electrons. The van der Waals surface area contributed by atoms with Gasteiger partial charge in [-0.25, -0.2) is 4.79 Å². The van der Waals surface area contributed by atoms with E-state index >= 15 is 0 Å². The molecular formula is C10H18ClN5O2. The maximum Gasteiger partial charge on any atom is 0.407 e. The van der Waals surface area contributed by atoms with Crippen molar-refractivity contribution in [1.29, 1.82) is 0 Å². The third-order valence-electron chi connectivity index (χ3n) is 2.34. The smallest absolute Gasteiger partial charge is 0.407 e. The maximum absolute atomic E-state index is 10.8. The first-order valence-corrected chi connectivity index (χ1v) is 5.10. The van der Waals surface area contributed by atoms with Crippen LogP contribution in [0.25, 0.3) is 0 Å². The highest BCUT2D eigenvalue weighted by atomic mass is 35.5. The summed E-state index contributed by atoms with van der Waals surface area (Å²) in [6, 6.07) is 7.81. The number of carbonyl (C=O) groups excluding carboxylic acids is 1. The second-order valence-corrected chi connectivity index (χ2v) is 3.49. The monoisotopic (exact) mass is 275 g/mol. The minimum absolute atomic E-state index is 0. The van der Waals surface area contributed by atoms with Crippen LogP contribution in [0.5, 0.6) is 0 Å². The van der Waals surface area contributed by atoms with Crippen LogP contribution in [0.3, 0.4) is 0 Å². The van der Waals surface area contributed by atoms with Crippen molar-refractivity contribution < 1.29 is 9.53 Å². The summed E-state index contributed by atoms with van der Waals surface area (Å²) < 4.78 is 4.80. The Morgan fingerprint density at radius 1 is 1.33 bits per heavy atom. The number of carbonyl (C=O) groups is 1. The summed E-state index contributed by atoms with van der Waals surface area (Å²) in [6.45, 7) is 0.440. The van der Waals surface area contributed by atoms with Gasteiger partial charge in [0.2, 0.25) is 0 Å². The van der Waals surface area contributed by atoms with Gasteiger partial charge in [-0.1, -0.05) is 12.1 Å². The van der Waals surface area contributed by atoms with Crippen LogP contribution in [0, 0.1) is 0 Å². The van der Waals surface area contributed by atoms with Gasteiger partial charge < -0.3 is 15.5 Å². The van der Waals surface area contributed by atoms with Crippen molar-refractivity contribution in [3.63, 3.8) is 0 Å². The summed E-state index contributed by atoms with van der Waals surface area (Å²) in [5, 5.41) is 2.73. The fourth-order valence-corrected chi connectivity index (χ4v) is 1.56. The van der Waals surface area contributed by atoms with Gasteiger partial charge in [0.25, 0.3) is 0 Å². The summed E-state index contributed by atoms with van der Waals surface area (Å²) in [5.41, 5.74) is 4.57. The van der Waals surface area contributed by atoms with Gasteiger partial charge in [0, 0.05) is 5.69 Å². The molecule has 0 aromatic heterocycles. The third-order valence-corrected chi connectivity index (χ3v) is 2.34. The Bertz CT molecular complexity index is 360. The van der Waals surface area contributed by atoms with Crippen LogP contribution in [0.2, 0.25) is 0 Å². The molecule has 1 amide bonds. The van der Waals surface area contributed by atoms with Crippen molar-refractivity contribution in [1.82, 2.24) is 5.32 Å². The molecule has 102 valence electrons. The summed E-state index contributed by atoms with van der Waals surface area (Å²) in [6.07, 6.45) is 0.441. The van der Waals surface area contributed by atoms with Crippen LogP contribution in [0.4, 0.5) is 10.5 Å². The number of hydrogen-bond donors (Lipinski definition) is 5. The Labute approximate surface area is 111 Å². The lowest BCUT2D eigenvalue weighted by Gasteiger charge is -2.07. The molecule has 1 saturated heterocycles.